The molecule has 0 bridgehead atoms. The Labute approximate surface area is 83.6 Å². The van der Waals surface area contributed by atoms with E-state index >= 15 is 0 Å². The summed E-state index contributed by atoms with van der Waals surface area (Å²) in [5.74, 6) is 0.601. The smallest absolute Gasteiger partial charge is 0.201 e. The molecule has 0 atom stereocenters. The van der Waals surface area contributed by atoms with Gasteiger partial charge >= 0.3 is 0 Å². The second-order valence-electron chi connectivity index (χ2n) is 3.88. The molecule has 0 saturated carbocycles. The van der Waals surface area contributed by atoms with Crippen LogP contribution in [0.3, 0.4) is 0 Å². The number of nitrogen functional groups attached to an aromatic ring is 1. The van der Waals surface area contributed by atoms with Crippen molar-refractivity contribution in [1.82, 2.24) is 9.55 Å². The minimum absolute atomic E-state index is 0.349. The Morgan fingerprint density at radius 3 is 2.71 bits per heavy atom. The molecule has 0 saturated heterocycles. The van der Waals surface area contributed by atoms with Gasteiger partial charge in [-0.2, -0.15) is 0 Å². The van der Waals surface area contributed by atoms with Gasteiger partial charge in [0.1, 0.15) is 0 Å². The fourth-order valence-electron chi connectivity index (χ4n) is 1.82. The Morgan fingerprint density at radius 1 is 1.36 bits per heavy atom. The van der Waals surface area contributed by atoms with Gasteiger partial charge in [-0.25, -0.2) is 4.98 Å². The summed E-state index contributed by atoms with van der Waals surface area (Å²) in [4.78, 5) is 4.37. The molecular weight excluding hydrogens is 174 g/mol. The number of fused-ring (bicyclic) bond motifs is 1. The monoisotopic (exact) mass is 189 g/mol. The van der Waals surface area contributed by atoms with Crippen molar-refractivity contribution >= 4 is 17.0 Å². The van der Waals surface area contributed by atoms with Gasteiger partial charge in [0.15, 0.2) is 0 Å². The number of para-hydroxylation sites is 1. The van der Waals surface area contributed by atoms with Gasteiger partial charge < -0.3 is 10.3 Å². The fourth-order valence-corrected chi connectivity index (χ4v) is 1.82. The average Bonchev–Trinajstić information content (AvgIpc) is 2.42. The molecule has 2 rings (SSSR count). The lowest BCUT2D eigenvalue weighted by molar-refractivity contribution is 0.627. The maximum absolute atomic E-state index is 5.88. The van der Waals surface area contributed by atoms with Crippen LogP contribution < -0.4 is 5.73 Å². The Kier molecular flexibility index (Phi) is 1.95. The highest BCUT2D eigenvalue weighted by molar-refractivity contribution is 5.81. The molecule has 14 heavy (non-hydrogen) atoms. The predicted molar refractivity (Wildman–Crippen MR) is 59.3 cm³/mol. The Hall–Kier alpha value is -1.51. The first kappa shape index (κ1) is 9.06. The van der Waals surface area contributed by atoms with Gasteiger partial charge in [0.25, 0.3) is 0 Å². The van der Waals surface area contributed by atoms with Crippen LogP contribution in [0.4, 0.5) is 5.95 Å². The minimum Gasteiger partial charge on any atom is -0.369 e. The molecule has 0 aliphatic rings. The summed E-state index contributed by atoms with van der Waals surface area (Å²) in [5, 5.41) is 0. The lowest BCUT2D eigenvalue weighted by atomic mass is 10.2. The van der Waals surface area contributed by atoms with E-state index in [1.165, 1.54) is 5.56 Å². The summed E-state index contributed by atoms with van der Waals surface area (Å²) in [6, 6.07) is 6.50. The van der Waals surface area contributed by atoms with Gasteiger partial charge in [-0.1, -0.05) is 12.1 Å². The van der Waals surface area contributed by atoms with Crippen LogP contribution in [-0.2, 0) is 0 Å². The number of rotatable bonds is 1. The molecule has 1 aromatic heterocycles. The van der Waals surface area contributed by atoms with E-state index in [4.69, 9.17) is 5.73 Å². The first-order valence-corrected chi connectivity index (χ1v) is 4.84. The van der Waals surface area contributed by atoms with E-state index in [9.17, 15) is 0 Å². The highest BCUT2D eigenvalue weighted by atomic mass is 15.2. The molecule has 2 N–H and O–H groups in total. The van der Waals surface area contributed by atoms with Crippen molar-refractivity contribution < 1.29 is 0 Å². The molecule has 0 amide bonds. The Morgan fingerprint density at radius 2 is 2.07 bits per heavy atom. The molecule has 1 aromatic carbocycles. The van der Waals surface area contributed by atoms with Crippen LogP contribution >= 0.6 is 0 Å². The van der Waals surface area contributed by atoms with E-state index in [1.807, 2.05) is 6.07 Å². The third-order valence-electron chi connectivity index (χ3n) is 2.47. The Balaban J connectivity index is 2.83. The summed E-state index contributed by atoms with van der Waals surface area (Å²) >= 11 is 0. The zero-order chi connectivity index (χ0) is 10.3. The molecule has 3 heteroatoms. The highest BCUT2D eigenvalue weighted by Crippen LogP contribution is 2.24. The number of aryl methyl sites for hydroxylation is 1. The van der Waals surface area contributed by atoms with Gasteiger partial charge in [-0.05, 0) is 32.4 Å². The number of nitrogens with zero attached hydrogens (tertiary/aromatic N) is 2. The van der Waals surface area contributed by atoms with Gasteiger partial charge in [-0.15, -0.1) is 0 Å². The van der Waals surface area contributed by atoms with Crippen molar-refractivity contribution in [2.24, 2.45) is 0 Å². The number of hydrogen-bond acceptors (Lipinski definition) is 2. The van der Waals surface area contributed by atoms with Gasteiger partial charge in [0, 0.05) is 6.04 Å². The lowest BCUT2D eigenvalue weighted by Crippen LogP contribution is -2.05. The van der Waals surface area contributed by atoms with Crippen LogP contribution in [0.1, 0.15) is 25.5 Å². The zero-order valence-corrected chi connectivity index (χ0v) is 8.78. The number of nitrogens with two attached hydrogens (primary N) is 1. The quantitative estimate of drug-likeness (QED) is 0.749. The average molecular weight is 189 g/mol. The molecule has 2 aromatic rings. The number of hydrogen-bond donors (Lipinski definition) is 1. The standard InChI is InChI=1S/C11H15N3/c1-7(2)14-9-6-4-5-8(3)10(9)13-11(14)12/h4-7H,1-3H3,(H2,12,13). The summed E-state index contributed by atoms with van der Waals surface area (Å²) in [6.45, 7) is 6.28. The third-order valence-corrected chi connectivity index (χ3v) is 2.47. The second kappa shape index (κ2) is 3.01. The van der Waals surface area contributed by atoms with Crippen LogP contribution in [0.25, 0.3) is 11.0 Å². The molecule has 1 heterocycles. The summed E-state index contributed by atoms with van der Waals surface area (Å²) in [6.07, 6.45) is 0. The first-order valence-electron chi connectivity index (χ1n) is 4.84. The van der Waals surface area contributed by atoms with Crippen LogP contribution in [0.15, 0.2) is 18.2 Å². The minimum atomic E-state index is 0.349. The first-order chi connectivity index (χ1) is 6.61. The van der Waals surface area contributed by atoms with Crippen molar-refractivity contribution in [3.8, 4) is 0 Å². The van der Waals surface area contributed by atoms with E-state index in [0.29, 0.717) is 12.0 Å². The van der Waals surface area contributed by atoms with Crippen LogP contribution in [0, 0.1) is 6.92 Å². The summed E-state index contributed by atoms with van der Waals surface area (Å²) in [7, 11) is 0. The highest BCUT2D eigenvalue weighted by Gasteiger charge is 2.11. The van der Waals surface area contributed by atoms with Crippen LogP contribution in [0.2, 0.25) is 0 Å². The van der Waals surface area contributed by atoms with Crippen molar-refractivity contribution in [2.75, 3.05) is 5.73 Å². The van der Waals surface area contributed by atoms with E-state index in [0.717, 1.165) is 11.0 Å². The molecular formula is C11H15N3. The number of benzene rings is 1. The summed E-state index contributed by atoms with van der Waals surface area (Å²) < 4.78 is 2.06. The number of anilines is 1. The van der Waals surface area contributed by atoms with Gasteiger partial charge in [-0.3, -0.25) is 0 Å². The molecule has 3 nitrogen and oxygen atoms in total. The maximum atomic E-state index is 5.88. The van der Waals surface area contributed by atoms with E-state index in [2.05, 4.69) is 42.5 Å². The summed E-state index contributed by atoms with van der Waals surface area (Å²) in [5.41, 5.74) is 9.18. The fraction of sp³-hybridized carbons (Fsp3) is 0.364. The van der Waals surface area contributed by atoms with Crippen molar-refractivity contribution in [3.63, 3.8) is 0 Å². The predicted octanol–water partition coefficient (Wildman–Crippen LogP) is 2.51. The van der Waals surface area contributed by atoms with Crippen molar-refractivity contribution in [1.29, 1.82) is 0 Å². The molecule has 0 aliphatic heterocycles. The lowest BCUT2D eigenvalue weighted by Gasteiger charge is -2.09. The molecule has 0 fully saturated rings. The van der Waals surface area contributed by atoms with Crippen LogP contribution in [0.5, 0.6) is 0 Å². The topological polar surface area (TPSA) is 43.8 Å². The molecule has 0 spiro atoms. The zero-order valence-electron chi connectivity index (χ0n) is 8.78. The molecule has 0 unspecified atom stereocenters. The van der Waals surface area contributed by atoms with E-state index in [-0.39, 0.29) is 0 Å². The number of imidazole rings is 1. The molecule has 0 radical (unpaired) electrons. The van der Waals surface area contributed by atoms with Crippen LogP contribution in [-0.4, -0.2) is 9.55 Å². The van der Waals surface area contributed by atoms with Gasteiger partial charge in [0.2, 0.25) is 5.95 Å². The molecule has 0 aliphatic carbocycles. The third kappa shape index (κ3) is 1.16. The normalized spacial score (nSPS) is 11.4. The second-order valence-corrected chi connectivity index (χ2v) is 3.88. The van der Waals surface area contributed by atoms with Gasteiger partial charge in [0.05, 0.1) is 11.0 Å². The SMILES string of the molecule is Cc1cccc2c1nc(N)n2C(C)C. The van der Waals surface area contributed by atoms with Crippen molar-refractivity contribution in [2.45, 2.75) is 26.8 Å². The Bertz CT molecular complexity index is 469. The van der Waals surface area contributed by atoms with Crippen molar-refractivity contribution in [3.05, 3.63) is 23.8 Å². The van der Waals surface area contributed by atoms with E-state index in [1.54, 1.807) is 0 Å². The maximum Gasteiger partial charge on any atom is 0.201 e. The molecule has 74 valence electrons. The van der Waals surface area contributed by atoms with E-state index < -0.39 is 0 Å². The largest absolute Gasteiger partial charge is 0.369 e. The number of aromatic nitrogens is 2.